The molecular weight excluding hydrogens is 764 g/mol. The smallest absolute Gasteiger partial charge is 0.407 e. The summed E-state index contributed by atoms with van der Waals surface area (Å²) < 4.78 is 45.0. The largest absolute Gasteiger partial charge is 0.456 e. The van der Waals surface area contributed by atoms with Crippen molar-refractivity contribution in [2.45, 2.75) is 154 Å². The topological polar surface area (TPSA) is 124 Å². The van der Waals surface area contributed by atoms with Crippen molar-refractivity contribution in [1.82, 2.24) is 19.9 Å². The summed E-state index contributed by atoms with van der Waals surface area (Å²) in [6, 6.07) is 12.0. The standard InChI is InChI=1S/C43H63ClN4O8Si/c1-42(2,3)43(4,5)56-35-25-53-37-34(24-52-38(35)37)55-40-46-33-23-32(44)36(47-39(33)48(40)26-51-21-22-57(6,7)8)29-11-9-27(10-12-29)28-13-15-30(16-14-28)45-41(49)54-31-17-19-50-20-18-31/h9-12,23,28,30-31,34-35,37-38H,13-22,24-26H2,1-8H3,(H,45,49)/t28?,30?,34-,35-,37-,38-/m1/s1. The van der Waals surface area contributed by atoms with E-state index >= 15 is 0 Å². The van der Waals surface area contributed by atoms with E-state index in [0.29, 0.717) is 66.8 Å². The zero-order chi connectivity index (χ0) is 40.5. The molecule has 4 fully saturated rings. The van der Waals surface area contributed by atoms with E-state index in [1.807, 2.05) is 10.6 Å². The highest BCUT2D eigenvalue weighted by molar-refractivity contribution is 6.76. The molecular formula is C43H63ClN4O8Si. The molecule has 3 aromatic rings. The van der Waals surface area contributed by atoms with E-state index in [1.165, 1.54) is 5.56 Å². The first-order valence-corrected chi connectivity index (χ1v) is 25.0. The Morgan fingerprint density at radius 2 is 1.60 bits per heavy atom. The van der Waals surface area contributed by atoms with Crippen molar-refractivity contribution in [3.63, 3.8) is 0 Å². The predicted octanol–water partition coefficient (Wildman–Crippen LogP) is 8.75. The molecule has 0 spiro atoms. The zero-order valence-corrected chi connectivity index (χ0v) is 36.9. The second kappa shape index (κ2) is 17.4. The maximum absolute atomic E-state index is 12.5. The van der Waals surface area contributed by atoms with Gasteiger partial charge in [-0.25, -0.2) is 9.78 Å². The van der Waals surface area contributed by atoms with Crippen LogP contribution in [0.2, 0.25) is 30.7 Å². The zero-order valence-electron chi connectivity index (χ0n) is 35.1. The summed E-state index contributed by atoms with van der Waals surface area (Å²) >= 11 is 6.94. The van der Waals surface area contributed by atoms with Crippen LogP contribution in [0.4, 0.5) is 4.79 Å². The summed E-state index contributed by atoms with van der Waals surface area (Å²) in [5.74, 6) is 0.416. The van der Waals surface area contributed by atoms with Crippen molar-refractivity contribution < 1.29 is 38.0 Å². The predicted molar refractivity (Wildman–Crippen MR) is 223 cm³/mol. The number of ether oxygens (including phenoxy) is 7. The molecule has 1 aromatic carbocycles. The molecule has 3 saturated heterocycles. The van der Waals surface area contributed by atoms with Gasteiger partial charge >= 0.3 is 12.1 Å². The molecule has 2 aromatic heterocycles. The van der Waals surface area contributed by atoms with Gasteiger partial charge in [0.2, 0.25) is 0 Å². The van der Waals surface area contributed by atoms with Crippen LogP contribution in [0.25, 0.3) is 22.4 Å². The Balaban J connectivity index is 1.04. The number of imidazole rings is 1. The number of alkyl carbamates (subject to hydrolysis) is 1. The normalized spacial score (nSPS) is 26.1. The van der Waals surface area contributed by atoms with Gasteiger partial charge in [0, 0.05) is 39.1 Å². The third-order valence-electron chi connectivity index (χ3n) is 12.5. The number of benzene rings is 1. The Morgan fingerprint density at radius 3 is 2.26 bits per heavy atom. The van der Waals surface area contributed by atoms with Crippen LogP contribution in [-0.2, 0) is 35.2 Å². The van der Waals surface area contributed by atoms with Gasteiger partial charge in [0.25, 0.3) is 0 Å². The Bertz CT molecular complexity index is 1830. The van der Waals surface area contributed by atoms with Crippen molar-refractivity contribution in [2.24, 2.45) is 5.41 Å². The molecule has 4 aliphatic rings. The lowest BCUT2D eigenvalue weighted by Crippen LogP contribution is -2.46. The summed E-state index contributed by atoms with van der Waals surface area (Å²) in [6.07, 6.45) is 3.89. The molecule has 5 heterocycles. The number of hydrogen-bond donors (Lipinski definition) is 1. The summed E-state index contributed by atoms with van der Waals surface area (Å²) in [7, 11) is -1.31. The van der Waals surface area contributed by atoms with Crippen molar-refractivity contribution in [1.29, 1.82) is 0 Å². The Kier molecular flexibility index (Phi) is 13.0. The Hall–Kier alpha value is -2.78. The molecule has 1 aliphatic carbocycles. The lowest BCUT2D eigenvalue weighted by atomic mass is 9.79. The molecule has 1 saturated carbocycles. The lowest BCUT2D eigenvalue weighted by molar-refractivity contribution is -0.155. The molecule has 3 aliphatic heterocycles. The van der Waals surface area contributed by atoms with Crippen molar-refractivity contribution in [3.8, 4) is 17.3 Å². The number of rotatable bonds is 13. The third-order valence-corrected chi connectivity index (χ3v) is 14.5. The van der Waals surface area contributed by atoms with Crippen LogP contribution in [0.1, 0.15) is 84.6 Å². The van der Waals surface area contributed by atoms with Gasteiger partial charge in [-0.3, -0.25) is 4.57 Å². The van der Waals surface area contributed by atoms with Gasteiger partial charge in [0.15, 0.2) is 11.8 Å². The number of carbonyl (C=O) groups excluding carboxylic acids is 1. The summed E-state index contributed by atoms with van der Waals surface area (Å²) in [6.45, 7) is 20.8. The van der Waals surface area contributed by atoms with Crippen LogP contribution >= 0.6 is 11.6 Å². The average Bonchev–Trinajstić information content (AvgIpc) is 3.84. The second-order valence-electron chi connectivity index (χ2n) is 19.0. The molecule has 12 nitrogen and oxygen atoms in total. The van der Waals surface area contributed by atoms with Crippen LogP contribution in [-0.4, -0.2) is 104 Å². The lowest BCUT2D eigenvalue weighted by Gasteiger charge is -2.41. The minimum absolute atomic E-state index is 0.0519. The fraction of sp³-hybridized carbons (Fsp3) is 0.698. The van der Waals surface area contributed by atoms with Gasteiger partial charge in [-0.1, -0.05) is 76.3 Å². The van der Waals surface area contributed by atoms with E-state index in [0.717, 1.165) is 50.1 Å². The van der Waals surface area contributed by atoms with Gasteiger partial charge in [0.05, 0.1) is 42.7 Å². The summed E-state index contributed by atoms with van der Waals surface area (Å²) in [5, 5.41) is 3.61. The van der Waals surface area contributed by atoms with Gasteiger partial charge < -0.3 is 38.5 Å². The molecule has 0 bridgehead atoms. The third kappa shape index (κ3) is 10.2. The molecule has 7 rings (SSSR count). The maximum atomic E-state index is 12.5. The average molecular weight is 828 g/mol. The van der Waals surface area contributed by atoms with Gasteiger partial charge in [-0.05, 0) is 68.5 Å². The highest BCUT2D eigenvalue weighted by atomic mass is 35.5. The molecule has 1 amide bonds. The second-order valence-corrected chi connectivity index (χ2v) is 25.1. The van der Waals surface area contributed by atoms with Gasteiger partial charge in [0.1, 0.15) is 36.7 Å². The maximum Gasteiger partial charge on any atom is 0.407 e. The highest BCUT2D eigenvalue weighted by Crippen LogP contribution is 2.40. The molecule has 0 unspecified atom stereocenters. The Labute approximate surface area is 344 Å². The number of fused-ring (bicyclic) bond motifs is 2. The van der Waals surface area contributed by atoms with Gasteiger partial charge in [-0.15, -0.1) is 0 Å². The first-order chi connectivity index (χ1) is 27.0. The molecule has 0 radical (unpaired) electrons. The first-order valence-electron chi connectivity index (χ1n) is 20.9. The van der Waals surface area contributed by atoms with Crippen LogP contribution in [0.3, 0.4) is 0 Å². The van der Waals surface area contributed by atoms with E-state index in [2.05, 4.69) is 83.8 Å². The fourth-order valence-corrected chi connectivity index (χ4v) is 8.91. The van der Waals surface area contributed by atoms with E-state index in [9.17, 15) is 4.79 Å². The number of pyridine rings is 1. The van der Waals surface area contributed by atoms with Crippen molar-refractivity contribution in [2.75, 3.05) is 33.0 Å². The number of hydrogen-bond acceptors (Lipinski definition) is 10. The fourth-order valence-electron chi connectivity index (χ4n) is 7.90. The number of carbonyl (C=O) groups is 1. The number of nitrogens with one attached hydrogen (secondary N) is 1. The van der Waals surface area contributed by atoms with E-state index in [1.54, 1.807) is 0 Å². The summed E-state index contributed by atoms with van der Waals surface area (Å²) in [5.41, 5.74) is 3.70. The van der Waals surface area contributed by atoms with Gasteiger partial charge in [-0.2, -0.15) is 4.98 Å². The quantitative estimate of drug-likeness (QED) is 0.132. The molecule has 14 heteroatoms. The molecule has 57 heavy (non-hydrogen) atoms. The van der Waals surface area contributed by atoms with E-state index in [-0.39, 0.29) is 60.4 Å². The number of halogens is 1. The highest BCUT2D eigenvalue weighted by Gasteiger charge is 2.52. The number of nitrogens with zero attached hydrogens (tertiary/aromatic N) is 3. The van der Waals surface area contributed by atoms with E-state index < -0.39 is 8.07 Å². The van der Waals surface area contributed by atoms with Crippen molar-refractivity contribution in [3.05, 3.63) is 40.9 Å². The van der Waals surface area contributed by atoms with Crippen LogP contribution in [0.5, 0.6) is 6.01 Å². The van der Waals surface area contributed by atoms with Crippen molar-refractivity contribution >= 4 is 36.9 Å². The monoisotopic (exact) mass is 826 g/mol. The summed E-state index contributed by atoms with van der Waals surface area (Å²) in [4.78, 5) is 22.5. The molecule has 4 atom stereocenters. The number of aromatic nitrogens is 3. The SMILES string of the molecule is CC(C)(C)C(C)(C)O[C@@H]1CO[C@H]2[C@@H]1OC[C@H]2Oc1nc2cc(Cl)c(-c3ccc(C4CCC(NC(=O)OC5CCOCC5)CC4)cc3)nc2n1COCC[Si](C)(C)C. The number of amides is 1. The van der Waals surface area contributed by atoms with E-state index in [4.69, 9.17) is 54.7 Å². The Morgan fingerprint density at radius 1 is 0.930 bits per heavy atom. The van der Waals surface area contributed by atoms with Crippen LogP contribution in [0.15, 0.2) is 30.3 Å². The molecule has 1 N–H and O–H groups in total. The van der Waals surface area contributed by atoms with Crippen LogP contribution in [0, 0.1) is 5.41 Å². The minimum Gasteiger partial charge on any atom is -0.456 e. The van der Waals surface area contributed by atoms with Crippen LogP contribution < -0.4 is 10.1 Å². The molecule has 314 valence electrons. The minimum atomic E-state index is -1.31. The first kappa shape index (κ1) is 42.3.